The minimum atomic E-state index is -0.502. The van der Waals surface area contributed by atoms with Gasteiger partial charge in [-0.25, -0.2) is 0 Å². The Morgan fingerprint density at radius 1 is 0.778 bits per heavy atom. The van der Waals surface area contributed by atoms with Gasteiger partial charge in [-0.05, 0) is 60.7 Å². The molecule has 0 fully saturated rings. The fourth-order valence-corrected chi connectivity index (χ4v) is 3.09. The molecule has 4 N–H and O–H groups in total. The fourth-order valence-electron chi connectivity index (χ4n) is 2.95. The Balaban J connectivity index is 1.46. The molecule has 3 rings (SSSR count). The summed E-state index contributed by atoms with van der Waals surface area (Å²) < 4.78 is 11.3. The van der Waals surface area contributed by atoms with Gasteiger partial charge in [-0.2, -0.15) is 0 Å². The first-order valence-electron chi connectivity index (χ1n) is 11.2. The van der Waals surface area contributed by atoms with Crippen LogP contribution >= 0.6 is 12.2 Å². The van der Waals surface area contributed by atoms with Crippen LogP contribution in [0.5, 0.6) is 11.5 Å². The maximum atomic E-state index is 12.7. The number of thiocarbonyl (C=S) groups is 1. The standard InChI is InChI=1S/C26H26N4O5S/c1-2-23(31)27-19-14-12-18(13-15-19)24(32)29-30-26(36)28-25(33)21-10-6-7-11-22(21)35-17-16-34-20-8-4-3-5-9-20/h3-15H,2,16-17H2,1H3,(H,27,31)(H,29,32)(H2,28,30,33,36). The molecule has 0 aliphatic heterocycles. The number of amides is 3. The van der Waals surface area contributed by atoms with Crippen LogP contribution in [0, 0.1) is 0 Å². The number of carbonyl (C=O) groups excluding carboxylic acids is 3. The quantitative estimate of drug-likeness (QED) is 0.200. The summed E-state index contributed by atoms with van der Waals surface area (Å²) in [7, 11) is 0. The zero-order valence-corrected chi connectivity index (χ0v) is 20.4. The molecule has 0 heterocycles. The van der Waals surface area contributed by atoms with Crippen molar-refractivity contribution < 1.29 is 23.9 Å². The van der Waals surface area contributed by atoms with E-state index in [1.54, 1.807) is 55.5 Å². The lowest BCUT2D eigenvalue weighted by molar-refractivity contribution is -0.115. The fraction of sp³-hybridized carbons (Fsp3) is 0.154. The molecule has 186 valence electrons. The van der Waals surface area contributed by atoms with Gasteiger partial charge in [0.25, 0.3) is 11.8 Å². The first-order chi connectivity index (χ1) is 17.5. The predicted molar refractivity (Wildman–Crippen MR) is 140 cm³/mol. The predicted octanol–water partition coefficient (Wildman–Crippen LogP) is 3.44. The van der Waals surface area contributed by atoms with Crippen molar-refractivity contribution in [2.75, 3.05) is 18.5 Å². The van der Waals surface area contributed by atoms with E-state index in [2.05, 4.69) is 21.5 Å². The van der Waals surface area contributed by atoms with Gasteiger partial charge >= 0.3 is 0 Å². The molecule has 0 saturated carbocycles. The Hall–Kier alpha value is -4.44. The average Bonchev–Trinajstić information content (AvgIpc) is 2.91. The van der Waals surface area contributed by atoms with Crippen molar-refractivity contribution in [2.24, 2.45) is 0 Å². The lowest BCUT2D eigenvalue weighted by atomic mass is 10.2. The summed E-state index contributed by atoms with van der Waals surface area (Å²) in [6.45, 7) is 2.29. The normalized spacial score (nSPS) is 10.0. The zero-order valence-electron chi connectivity index (χ0n) is 19.6. The third kappa shape index (κ3) is 8.10. The molecule has 36 heavy (non-hydrogen) atoms. The van der Waals surface area contributed by atoms with E-state index in [1.165, 1.54) is 0 Å². The molecular weight excluding hydrogens is 480 g/mol. The van der Waals surface area contributed by atoms with Crippen LogP contribution in [-0.2, 0) is 4.79 Å². The Morgan fingerprint density at radius 3 is 2.17 bits per heavy atom. The van der Waals surface area contributed by atoms with Gasteiger partial charge in [-0.15, -0.1) is 0 Å². The number of rotatable bonds is 9. The maximum absolute atomic E-state index is 12.7. The van der Waals surface area contributed by atoms with Crippen LogP contribution in [0.4, 0.5) is 5.69 Å². The highest BCUT2D eigenvalue weighted by Gasteiger charge is 2.14. The number of hydrogen-bond acceptors (Lipinski definition) is 6. The molecule has 0 unspecified atom stereocenters. The molecule has 10 heteroatoms. The molecule has 3 aromatic carbocycles. The number of nitrogens with one attached hydrogen (secondary N) is 4. The van der Waals surface area contributed by atoms with Crippen molar-refractivity contribution in [2.45, 2.75) is 13.3 Å². The van der Waals surface area contributed by atoms with Gasteiger partial charge in [-0.3, -0.25) is 30.6 Å². The highest BCUT2D eigenvalue weighted by molar-refractivity contribution is 7.80. The van der Waals surface area contributed by atoms with Crippen LogP contribution in [0.3, 0.4) is 0 Å². The second-order valence-electron chi connectivity index (χ2n) is 7.35. The average molecular weight is 507 g/mol. The minimum Gasteiger partial charge on any atom is -0.490 e. The molecule has 3 aromatic rings. The monoisotopic (exact) mass is 506 g/mol. The van der Waals surface area contributed by atoms with Gasteiger partial charge in [0.05, 0.1) is 5.56 Å². The number of carbonyl (C=O) groups is 3. The number of hydrogen-bond donors (Lipinski definition) is 4. The van der Waals surface area contributed by atoms with E-state index in [4.69, 9.17) is 21.7 Å². The Kier molecular flexibility index (Phi) is 9.78. The summed E-state index contributed by atoms with van der Waals surface area (Å²) in [4.78, 5) is 36.5. The minimum absolute atomic E-state index is 0.0950. The summed E-state index contributed by atoms with van der Waals surface area (Å²) >= 11 is 5.12. The van der Waals surface area contributed by atoms with Crippen molar-refractivity contribution in [3.8, 4) is 11.5 Å². The number of ether oxygens (including phenoxy) is 2. The largest absolute Gasteiger partial charge is 0.490 e. The van der Waals surface area contributed by atoms with Gasteiger partial charge in [0.1, 0.15) is 24.7 Å². The zero-order chi connectivity index (χ0) is 25.8. The third-order valence-electron chi connectivity index (χ3n) is 4.75. The Labute approximate surface area is 214 Å². The van der Waals surface area contributed by atoms with E-state index in [0.29, 0.717) is 30.0 Å². The van der Waals surface area contributed by atoms with E-state index >= 15 is 0 Å². The van der Waals surface area contributed by atoms with Gasteiger partial charge in [0.15, 0.2) is 5.11 Å². The molecule has 0 bridgehead atoms. The molecule has 9 nitrogen and oxygen atoms in total. The molecule has 0 radical (unpaired) electrons. The van der Waals surface area contributed by atoms with Crippen molar-refractivity contribution >= 4 is 40.7 Å². The lowest BCUT2D eigenvalue weighted by Gasteiger charge is -2.14. The summed E-state index contributed by atoms with van der Waals surface area (Å²) in [6, 6.07) is 22.4. The van der Waals surface area contributed by atoms with E-state index in [1.807, 2.05) is 30.3 Å². The first-order valence-corrected chi connectivity index (χ1v) is 11.6. The van der Waals surface area contributed by atoms with Crippen LogP contribution in [0.2, 0.25) is 0 Å². The van der Waals surface area contributed by atoms with Crippen LogP contribution in [0.1, 0.15) is 34.1 Å². The summed E-state index contributed by atoms with van der Waals surface area (Å²) in [5.74, 6) is 0.000431. The van der Waals surface area contributed by atoms with Gasteiger partial charge in [0.2, 0.25) is 5.91 Å². The number of anilines is 1. The van der Waals surface area contributed by atoms with Crippen molar-refractivity contribution in [1.82, 2.24) is 16.2 Å². The highest BCUT2D eigenvalue weighted by atomic mass is 32.1. The summed E-state index contributed by atoms with van der Waals surface area (Å²) in [5.41, 5.74) is 6.11. The SMILES string of the molecule is CCC(=O)Nc1ccc(C(=O)NNC(=S)NC(=O)c2ccccc2OCCOc2ccccc2)cc1. The number of para-hydroxylation sites is 2. The van der Waals surface area contributed by atoms with Gasteiger partial charge in [0, 0.05) is 17.7 Å². The lowest BCUT2D eigenvalue weighted by Crippen LogP contribution is -2.48. The van der Waals surface area contributed by atoms with Crippen molar-refractivity contribution in [3.63, 3.8) is 0 Å². The van der Waals surface area contributed by atoms with Gasteiger partial charge < -0.3 is 14.8 Å². The van der Waals surface area contributed by atoms with Crippen molar-refractivity contribution in [1.29, 1.82) is 0 Å². The van der Waals surface area contributed by atoms with Crippen LogP contribution < -0.4 is 31.0 Å². The smallest absolute Gasteiger partial charge is 0.269 e. The second kappa shape index (κ2) is 13.4. The Bertz CT molecular complexity index is 1200. The number of hydrazine groups is 1. The molecular formula is C26H26N4O5S. The van der Waals surface area contributed by atoms with E-state index < -0.39 is 11.8 Å². The highest BCUT2D eigenvalue weighted by Crippen LogP contribution is 2.18. The second-order valence-corrected chi connectivity index (χ2v) is 7.76. The molecule has 0 aliphatic carbocycles. The Morgan fingerprint density at radius 2 is 1.44 bits per heavy atom. The summed E-state index contributed by atoms with van der Waals surface area (Å²) in [5, 5.41) is 5.11. The van der Waals surface area contributed by atoms with Gasteiger partial charge in [-0.1, -0.05) is 37.3 Å². The van der Waals surface area contributed by atoms with Crippen LogP contribution in [-0.4, -0.2) is 36.0 Å². The molecule has 0 saturated heterocycles. The summed E-state index contributed by atoms with van der Waals surface area (Å²) in [6.07, 6.45) is 0.356. The molecule has 3 amide bonds. The topological polar surface area (TPSA) is 118 Å². The first kappa shape index (κ1) is 26.2. The van der Waals surface area contributed by atoms with E-state index in [0.717, 1.165) is 5.75 Å². The molecule has 0 atom stereocenters. The van der Waals surface area contributed by atoms with E-state index in [9.17, 15) is 14.4 Å². The van der Waals surface area contributed by atoms with E-state index in [-0.39, 0.29) is 23.2 Å². The van der Waals surface area contributed by atoms with Crippen LogP contribution in [0.25, 0.3) is 0 Å². The maximum Gasteiger partial charge on any atom is 0.269 e. The third-order valence-corrected chi connectivity index (χ3v) is 4.96. The molecule has 0 aliphatic rings. The van der Waals surface area contributed by atoms with Crippen molar-refractivity contribution in [3.05, 3.63) is 90.0 Å². The van der Waals surface area contributed by atoms with Crippen LogP contribution in [0.15, 0.2) is 78.9 Å². The molecule has 0 spiro atoms. The number of benzene rings is 3. The molecule has 0 aromatic heterocycles.